The maximum absolute atomic E-state index is 13.5. The Balaban J connectivity index is 1.98. The first-order valence-corrected chi connectivity index (χ1v) is 6.69. The van der Waals surface area contributed by atoms with Gasteiger partial charge in [0.15, 0.2) is 11.6 Å². The summed E-state index contributed by atoms with van der Waals surface area (Å²) in [7, 11) is 0. The van der Waals surface area contributed by atoms with E-state index >= 15 is 0 Å². The van der Waals surface area contributed by atoms with Crippen LogP contribution >= 0.6 is 0 Å². The van der Waals surface area contributed by atoms with Crippen molar-refractivity contribution in [2.75, 3.05) is 0 Å². The van der Waals surface area contributed by atoms with Crippen molar-refractivity contribution < 1.29 is 13.9 Å². The van der Waals surface area contributed by atoms with Crippen LogP contribution in [0.1, 0.15) is 38.2 Å². The van der Waals surface area contributed by atoms with E-state index in [1.807, 2.05) is 0 Å². The van der Waals surface area contributed by atoms with Gasteiger partial charge in [-0.15, -0.1) is 0 Å². The summed E-state index contributed by atoms with van der Waals surface area (Å²) in [6.45, 7) is 2.22. The number of aliphatic hydroxyl groups is 1. The fraction of sp³-hybridized carbons (Fsp3) is 0.600. The van der Waals surface area contributed by atoms with E-state index in [-0.39, 0.29) is 17.9 Å². The second-order valence-corrected chi connectivity index (χ2v) is 5.50. The van der Waals surface area contributed by atoms with Crippen molar-refractivity contribution in [1.82, 2.24) is 0 Å². The average Bonchev–Trinajstić information content (AvgIpc) is 2.36. The number of aliphatic hydroxyl groups excluding tert-OH is 1. The van der Waals surface area contributed by atoms with E-state index in [2.05, 4.69) is 6.92 Å². The van der Waals surface area contributed by atoms with Gasteiger partial charge in [0, 0.05) is 6.42 Å². The van der Waals surface area contributed by atoms with E-state index < -0.39 is 17.7 Å². The van der Waals surface area contributed by atoms with Gasteiger partial charge in [0.2, 0.25) is 0 Å². The number of hydrogen-bond donors (Lipinski definition) is 1. The molecule has 0 amide bonds. The minimum atomic E-state index is -0.836. The highest BCUT2D eigenvalue weighted by Crippen LogP contribution is 2.31. The molecular weight excluding hydrogens is 234 g/mol. The molecule has 0 aliphatic heterocycles. The number of hydrogen-bond acceptors (Lipinski definition) is 1. The molecule has 1 N–H and O–H groups in total. The normalized spacial score (nSPS) is 26.0. The van der Waals surface area contributed by atoms with Gasteiger partial charge in [-0.3, -0.25) is 0 Å². The van der Waals surface area contributed by atoms with E-state index in [4.69, 9.17) is 0 Å². The molecule has 0 saturated heterocycles. The Morgan fingerprint density at radius 2 is 1.89 bits per heavy atom. The molecule has 1 saturated carbocycles. The molecule has 3 heteroatoms. The van der Waals surface area contributed by atoms with Gasteiger partial charge in [0.25, 0.3) is 0 Å². The molecule has 100 valence electrons. The van der Waals surface area contributed by atoms with E-state index in [0.717, 1.165) is 37.7 Å². The zero-order valence-corrected chi connectivity index (χ0v) is 10.7. The Labute approximate surface area is 107 Å². The molecule has 1 aromatic carbocycles. The molecule has 0 aromatic heterocycles. The van der Waals surface area contributed by atoms with Gasteiger partial charge in [-0.1, -0.05) is 31.9 Å². The summed E-state index contributed by atoms with van der Waals surface area (Å²) in [6, 6.07) is 4.14. The summed E-state index contributed by atoms with van der Waals surface area (Å²) >= 11 is 0. The van der Waals surface area contributed by atoms with Gasteiger partial charge < -0.3 is 5.11 Å². The molecule has 0 bridgehead atoms. The minimum absolute atomic E-state index is 0.211. The number of halogens is 2. The Hall–Kier alpha value is -0.960. The lowest BCUT2D eigenvalue weighted by Crippen LogP contribution is -2.27. The number of rotatable bonds is 3. The quantitative estimate of drug-likeness (QED) is 0.872. The van der Waals surface area contributed by atoms with Crippen molar-refractivity contribution in [3.8, 4) is 0 Å². The second-order valence-electron chi connectivity index (χ2n) is 5.50. The van der Waals surface area contributed by atoms with Gasteiger partial charge in [-0.05, 0) is 36.3 Å². The molecule has 18 heavy (non-hydrogen) atoms. The Morgan fingerprint density at radius 3 is 2.56 bits per heavy atom. The lowest BCUT2D eigenvalue weighted by Gasteiger charge is -2.30. The molecule has 1 fully saturated rings. The maximum Gasteiger partial charge on any atom is 0.162 e. The third-order valence-corrected chi connectivity index (χ3v) is 4.07. The molecule has 0 radical (unpaired) electrons. The molecular formula is C15H20F2O. The third kappa shape index (κ3) is 3.08. The van der Waals surface area contributed by atoms with Crippen molar-refractivity contribution in [1.29, 1.82) is 0 Å². The summed E-state index contributed by atoms with van der Waals surface area (Å²) in [5.41, 5.74) is 0.279. The summed E-state index contributed by atoms with van der Waals surface area (Å²) in [6.07, 6.45) is 3.86. The van der Waals surface area contributed by atoms with Crippen LogP contribution in [-0.2, 0) is 6.42 Å². The Morgan fingerprint density at radius 1 is 1.22 bits per heavy atom. The van der Waals surface area contributed by atoms with Crippen molar-refractivity contribution in [3.63, 3.8) is 0 Å². The minimum Gasteiger partial charge on any atom is -0.392 e. The first kappa shape index (κ1) is 13.5. The molecule has 0 heterocycles. The first-order valence-electron chi connectivity index (χ1n) is 6.69. The van der Waals surface area contributed by atoms with E-state index in [1.54, 1.807) is 6.07 Å². The van der Waals surface area contributed by atoms with Crippen molar-refractivity contribution in [3.05, 3.63) is 35.4 Å². The third-order valence-electron chi connectivity index (χ3n) is 4.07. The topological polar surface area (TPSA) is 20.2 Å². The van der Waals surface area contributed by atoms with Gasteiger partial charge >= 0.3 is 0 Å². The van der Waals surface area contributed by atoms with Crippen molar-refractivity contribution in [2.45, 2.75) is 45.1 Å². The van der Waals surface area contributed by atoms with Gasteiger partial charge in [0.05, 0.1) is 6.10 Å². The predicted octanol–water partition coefficient (Wildman–Crippen LogP) is 3.69. The van der Waals surface area contributed by atoms with E-state index in [1.165, 1.54) is 6.07 Å². The molecule has 1 aliphatic rings. The van der Waals surface area contributed by atoms with Gasteiger partial charge in [-0.2, -0.15) is 0 Å². The Kier molecular flexibility index (Phi) is 4.33. The molecule has 0 spiro atoms. The second kappa shape index (κ2) is 5.79. The van der Waals surface area contributed by atoms with Crippen LogP contribution in [0.25, 0.3) is 0 Å². The zero-order chi connectivity index (χ0) is 13.1. The fourth-order valence-electron chi connectivity index (χ4n) is 2.77. The standard InChI is InChI=1S/C15H20F2O/c1-10-5-7-11(8-6-10)14(18)9-12-3-2-4-13(16)15(12)17/h2-4,10-11,14,18H,5-9H2,1H3. The van der Waals surface area contributed by atoms with Crippen LogP contribution in [0.2, 0.25) is 0 Å². The molecule has 2 rings (SSSR count). The Bertz CT molecular complexity index is 397. The predicted molar refractivity (Wildman–Crippen MR) is 67.2 cm³/mol. The SMILES string of the molecule is CC1CCC(C(O)Cc2cccc(F)c2F)CC1. The van der Waals surface area contributed by atoms with Gasteiger partial charge in [-0.25, -0.2) is 8.78 Å². The molecule has 1 aliphatic carbocycles. The van der Waals surface area contributed by atoms with Crippen LogP contribution in [0.4, 0.5) is 8.78 Å². The molecule has 1 nitrogen and oxygen atoms in total. The largest absolute Gasteiger partial charge is 0.392 e. The fourth-order valence-corrected chi connectivity index (χ4v) is 2.77. The van der Waals surface area contributed by atoms with E-state index in [9.17, 15) is 13.9 Å². The molecule has 1 aromatic rings. The monoisotopic (exact) mass is 254 g/mol. The van der Waals surface area contributed by atoms with Crippen LogP contribution in [0.15, 0.2) is 18.2 Å². The van der Waals surface area contributed by atoms with Gasteiger partial charge in [0.1, 0.15) is 0 Å². The van der Waals surface area contributed by atoms with Crippen LogP contribution in [0.3, 0.4) is 0 Å². The number of benzene rings is 1. The highest BCUT2D eigenvalue weighted by atomic mass is 19.2. The maximum atomic E-state index is 13.5. The van der Waals surface area contributed by atoms with Crippen LogP contribution in [-0.4, -0.2) is 11.2 Å². The lowest BCUT2D eigenvalue weighted by molar-refractivity contribution is 0.0752. The average molecular weight is 254 g/mol. The summed E-state index contributed by atoms with van der Waals surface area (Å²) in [5.74, 6) is -0.707. The smallest absolute Gasteiger partial charge is 0.162 e. The highest BCUT2D eigenvalue weighted by Gasteiger charge is 2.25. The van der Waals surface area contributed by atoms with E-state index in [0.29, 0.717) is 0 Å². The lowest BCUT2D eigenvalue weighted by atomic mass is 9.79. The van der Waals surface area contributed by atoms with Crippen LogP contribution in [0, 0.1) is 23.5 Å². The van der Waals surface area contributed by atoms with Crippen molar-refractivity contribution in [2.24, 2.45) is 11.8 Å². The van der Waals surface area contributed by atoms with Crippen LogP contribution < -0.4 is 0 Å². The summed E-state index contributed by atoms with van der Waals surface area (Å²) in [4.78, 5) is 0. The summed E-state index contributed by atoms with van der Waals surface area (Å²) in [5, 5.41) is 10.1. The van der Waals surface area contributed by atoms with Crippen LogP contribution in [0.5, 0.6) is 0 Å². The highest BCUT2D eigenvalue weighted by molar-refractivity contribution is 5.19. The molecule has 1 unspecified atom stereocenters. The first-order chi connectivity index (χ1) is 8.58. The molecule has 1 atom stereocenters. The van der Waals surface area contributed by atoms with Crippen molar-refractivity contribution >= 4 is 0 Å². The zero-order valence-electron chi connectivity index (χ0n) is 10.7. The summed E-state index contributed by atoms with van der Waals surface area (Å²) < 4.78 is 26.6.